The molecule has 1 heterocycles. The molecule has 1 unspecified atom stereocenters. The number of amides is 1. The van der Waals surface area contributed by atoms with Crippen LogP contribution in [0.2, 0.25) is 5.02 Å². The average Bonchev–Trinajstić information content (AvgIpc) is 2.94. The lowest BCUT2D eigenvalue weighted by molar-refractivity contribution is 0.0142. The summed E-state index contributed by atoms with van der Waals surface area (Å²) in [6.45, 7) is 5.33. The Morgan fingerprint density at radius 2 is 1.77 bits per heavy atom. The fourth-order valence-corrected chi connectivity index (χ4v) is 2.92. The van der Waals surface area contributed by atoms with Crippen molar-refractivity contribution in [3.8, 4) is 0 Å². The lowest BCUT2D eigenvalue weighted by Gasteiger charge is -2.26. The standard InChI is InChI=1S/C20H21ClN2O3/c1-19(2,3)26-18(24)23-13-20(25,15-7-5-4-6-8-15)17(22-23)14-9-11-16(21)12-10-14/h4-12,25H,13H2,1-3H3. The van der Waals surface area contributed by atoms with Crippen LogP contribution in [0.5, 0.6) is 0 Å². The predicted molar refractivity (Wildman–Crippen MR) is 101 cm³/mol. The fourth-order valence-electron chi connectivity index (χ4n) is 2.80. The molecule has 6 heteroatoms. The van der Waals surface area contributed by atoms with Gasteiger partial charge in [0.05, 0.1) is 6.54 Å². The number of nitrogens with zero attached hydrogens (tertiary/aromatic N) is 2. The van der Waals surface area contributed by atoms with Crippen LogP contribution in [0.4, 0.5) is 4.79 Å². The van der Waals surface area contributed by atoms with E-state index in [-0.39, 0.29) is 6.54 Å². The van der Waals surface area contributed by atoms with Crippen molar-refractivity contribution >= 4 is 23.4 Å². The molecule has 1 N–H and O–H groups in total. The number of hydrogen-bond donors (Lipinski definition) is 1. The topological polar surface area (TPSA) is 62.1 Å². The summed E-state index contributed by atoms with van der Waals surface area (Å²) >= 11 is 5.97. The Hall–Kier alpha value is -2.37. The van der Waals surface area contributed by atoms with Crippen molar-refractivity contribution in [1.29, 1.82) is 0 Å². The van der Waals surface area contributed by atoms with Gasteiger partial charge in [-0.15, -0.1) is 0 Å². The molecular formula is C20H21ClN2O3. The van der Waals surface area contributed by atoms with Gasteiger partial charge in [0.25, 0.3) is 0 Å². The maximum absolute atomic E-state index is 12.5. The molecule has 0 aromatic heterocycles. The van der Waals surface area contributed by atoms with E-state index in [1.807, 2.05) is 30.3 Å². The zero-order valence-electron chi connectivity index (χ0n) is 14.9. The molecule has 1 aliphatic heterocycles. The second-order valence-electron chi connectivity index (χ2n) is 7.22. The summed E-state index contributed by atoms with van der Waals surface area (Å²) in [5.74, 6) is 0. The van der Waals surface area contributed by atoms with Gasteiger partial charge in [0.15, 0.2) is 5.60 Å². The number of carbonyl (C=O) groups excluding carboxylic acids is 1. The van der Waals surface area contributed by atoms with Crippen LogP contribution in [0.25, 0.3) is 0 Å². The summed E-state index contributed by atoms with van der Waals surface area (Å²) in [5.41, 5.74) is -0.371. The molecule has 0 aliphatic carbocycles. The largest absolute Gasteiger partial charge is 0.442 e. The first-order valence-electron chi connectivity index (χ1n) is 8.32. The average molecular weight is 373 g/mol. The molecule has 0 saturated carbocycles. The van der Waals surface area contributed by atoms with Crippen LogP contribution in [0.3, 0.4) is 0 Å². The van der Waals surface area contributed by atoms with E-state index in [4.69, 9.17) is 16.3 Å². The highest BCUT2D eigenvalue weighted by Gasteiger charge is 2.46. The monoisotopic (exact) mass is 372 g/mol. The van der Waals surface area contributed by atoms with E-state index in [0.29, 0.717) is 21.9 Å². The molecule has 0 fully saturated rings. The number of hydrogen-bond acceptors (Lipinski definition) is 4. The number of carbonyl (C=O) groups is 1. The normalized spacial score (nSPS) is 20.0. The third kappa shape index (κ3) is 3.74. The molecule has 3 rings (SSSR count). The molecular weight excluding hydrogens is 352 g/mol. The number of benzene rings is 2. The van der Waals surface area contributed by atoms with Crippen LogP contribution in [-0.2, 0) is 10.3 Å². The predicted octanol–water partition coefficient (Wildman–Crippen LogP) is 4.18. The Morgan fingerprint density at radius 1 is 1.15 bits per heavy atom. The summed E-state index contributed by atoms with van der Waals surface area (Å²) in [4.78, 5) is 12.5. The first-order valence-corrected chi connectivity index (χ1v) is 8.70. The molecule has 1 amide bonds. The van der Waals surface area contributed by atoms with Gasteiger partial charge in [-0.2, -0.15) is 10.1 Å². The summed E-state index contributed by atoms with van der Waals surface area (Å²) in [5, 5.41) is 17.6. The van der Waals surface area contributed by atoms with Crippen molar-refractivity contribution < 1.29 is 14.6 Å². The third-order valence-electron chi connectivity index (χ3n) is 3.96. The highest BCUT2D eigenvalue weighted by molar-refractivity contribution is 6.30. The van der Waals surface area contributed by atoms with E-state index >= 15 is 0 Å². The maximum atomic E-state index is 12.5. The third-order valence-corrected chi connectivity index (χ3v) is 4.22. The number of hydrazone groups is 1. The molecule has 0 bridgehead atoms. The minimum absolute atomic E-state index is 0.0239. The van der Waals surface area contributed by atoms with E-state index in [1.54, 1.807) is 45.0 Å². The summed E-state index contributed by atoms with van der Waals surface area (Å²) in [7, 11) is 0. The summed E-state index contributed by atoms with van der Waals surface area (Å²) in [6, 6.07) is 16.1. The van der Waals surface area contributed by atoms with E-state index < -0.39 is 17.3 Å². The highest BCUT2D eigenvalue weighted by Crippen LogP contribution is 2.34. The number of β-amino-alcohol motifs (C(OH)–C–C–N with tert-alkyl or cyclic N) is 1. The van der Waals surface area contributed by atoms with Crippen LogP contribution >= 0.6 is 11.6 Å². The zero-order chi connectivity index (χ0) is 18.9. The Bertz CT molecular complexity index is 828. The lowest BCUT2D eigenvalue weighted by atomic mass is 9.86. The second-order valence-corrected chi connectivity index (χ2v) is 7.66. The molecule has 5 nitrogen and oxygen atoms in total. The molecule has 136 valence electrons. The minimum Gasteiger partial charge on any atom is -0.442 e. The van der Waals surface area contributed by atoms with Gasteiger partial charge in [-0.25, -0.2) is 4.79 Å². The Morgan fingerprint density at radius 3 is 2.35 bits per heavy atom. The molecule has 1 atom stereocenters. The van der Waals surface area contributed by atoms with Gasteiger partial charge in [0.1, 0.15) is 11.3 Å². The number of ether oxygens (including phenoxy) is 1. The molecule has 1 aliphatic rings. The van der Waals surface area contributed by atoms with Gasteiger partial charge in [-0.1, -0.05) is 54.1 Å². The zero-order valence-corrected chi connectivity index (χ0v) is 15.7. The van der Waals surface area contributed by atoms with Crippen LogP contribution in [0, 0.1) is 0 Å². The van der Waals surface area contributed by atoms with Crippen molar-refractivity contribution in [2.45, 2.75) is 32.0 Å². The Balaban J connectivity index is 2.02. The second kappa shape index (κ2) is 6.74. The first-order chi connectivity index (χ1) is 12.2. The quantitative estimate of drug-likeness (QED) is 0.860. The smallest absolute Gasteiger partial charge is 0.431 e. The van der Waals surface area contributed by atoms with E-state index in [9.17, 15) is 9.90 Å². The molecule has 2 aromatic carbocycles. The van der Waals surface area contributed by atoms with Gasteiger partial charge in [-0.05, 0) is 38.5 Å². The minimum atomic E-state index is -1.44. The molecule has 2 aromatic rings. The van der Waals surface area contributed by atoms with Crippen molar-refractivity contribution in [2.24, 2.45) is 5.10 Å². The van der Waals surface area contributed by atoms with E-state index in [1.165, 1.54) is 5.01 Å². The van der Waals surface area contributed by atoms with Gasteiger partial charge < -0.3 is 9.84 Å². The van der Waals surface area contributed by atoms with Crippen molar-refractivity contribution in [1.82, 2.24) is 5.01 Å². The highest BCUT2D eigenvalue weighted by atomic mass is 35.5. The van der Waals surface area contributed by atoms with Gasteiger partial charge in [0.2, 0.25) is 0 Å². The summed E-state index contributed by atoms with van der Waals surface area (Å²) < 4.78 is 5.40. The van der Waals surface area contributed by atoms with E-state index in [2.05, 4.69) is 5.10 Å². The molecule has 0 saturated heterocycles. The summed E-state index contributed by atoms with van der Waals surface area (Å²) in [6.07, 6.45) is -0.601. The lowest BCUT2D eigenvalue weighted by Crippen LogP contribution is -2.41. The van der Waals surface area contributed by atoms with Gasteiger partial charge in [0, 0.05) is 10.6 Å². The van der Waals surface area contributed by atoms with Gasteiger partial charge >= 0.3 is 6.09 Å². The van der Waals surface area contributed by atoms with Crippen LogP contribution in [0.15, 0.2) is 59.7 Å². The number of aliphatic hydroxyl groups is 1. The van der Waals surface area contributed by atoms with Crippen molar-refractivity contribution in [3.05, 3.63) is 70.7 Å². The Kier molecular flexibility index (Phi) is 4.78. The van der Waals surface area contributed by atoms with Gasteiger partial charge in [-0.3, -0.25) is 0 Å². The van der Waals surface area contributed by atoms with Crippen molar-refractivity contribution in [3.63, 3.8) is 0 Å². The van der Waals surface area contributed by atoms with E-state index in [0.717, 1.165) is 0 Å². The fraction of sp³-hybridized carbons (Fsp3) is 0.300. The molecule has 0 radical (unpaired) electrons. The maximum Gasteiger partial charge on any atom is 0.431 e. The van der Waals surface area contributed by atoms with Crippen LogP contribution < -0.4 is 0 Å². The van der Waals surface area contributed by atoms with Crippen LogP contribution in [0.1, 0.15) is 31.9 Å². The first kappa shape index (κ1) is 18.4. The molecule has 0 spiro atoms. The number of halogens is 1. The molecule has 26 heavy (non-hydrogen) atoms. The Labute approximate surface area is 157 Å². The SMILES string of the molecule is CC(C)(C)OC(=O)N1CC(O)(c2ccccc2)C(c2ccc(Cl)cc2)=N1. The van der Waals surface area contributed by atoms with Crippen LogP contribution in [-0.4, -0.2) is 34.1 Å². The number of rotatable bonds is 2. The van der Waals surface area contributed by atoms with Crippen molar-refractivity contribution in [2.75, 3.05) is 6.54 Å².